The van der Waals surface area contributed by atoms with Crippen LogP contribution in [0.2, 0.25) is 0 Å². The number of carbonyl (C=O) groups excluding carboxylic acids is 1. The summed E-state index contributed by atoms with van der Waals surface area (Å²) in [6.45, 7) is 10.2. The maximum atomic E-state index is 12.4. The molecule has 6 aromatic rings. The van der Waals surface area contributed by atoms with Crippen LogP contribution in [0.1, 0.15) is 80.2 Å². The van der Waals surface area contributed by atoms with Crippen LogP contribution in [0.3, 0.4) is 0 Å². The summed E-state index contributed by atoms with van der Waals surface area (Å²) in [7, 11) is 0. The highest BCUT2D eigenvalue weighted by molar-refractivity contribution is 6.09. The van der Waals surface area contributed by atoms with Crippen LogP contribution in [0.5, 0.6) is 0 Å². The standard InChI is InChI=1S/C26H22O.C19H22N2/c1-17(27)20-13-14-22(18-7-3-2-4-8-18)26-24(20)16-15-23-21-10-6-5-9-19(21)11-12-25(23)26;1-12-7-5-6-8-15(12)14-9-10-17-16(11-14)13(2)18(20)19(3,4)21-17/h2-12,15-16,20,22H,13-14H2,1H3;5-11,21H,20H2,1-4H3. The van der Waals surface area contributed by atoms with Crippen molar-refractivity contribution in [2.24, 2.45) is 5.73 Å². The third-order valence-corrected chi connectivity index (χ3v) is 10.6. The summed E-state index contributed by atoms with van der Waals surface area (Å²) in [4.78, 5) is 12.4. The van der Waals surface area contributed by atoms with E-state index in [1.165, 1.54) is 66.1 Å². The normalized spacial score (nSPS) is 17.9. The molecule has 0 aromatic heterocycles. The van der Waals surface area contributed by atoms with Gasteiger partial charge in [0, 0.05) is 28.8 Å². The average Bonchev–Trinajstić information content (AvgIpc) is 3.10. The molecule has 2 aliphatic rings. The highest BCUT2D eigenvalue weighted by atomic mass is 16.1. The summed E-state index contributed by atoms with van der Waals surface area (Å²) in [5.41, 5.74) is 18.3. The molecule has 2 atom stereocenters. The van der Waals surface area contributed by atoms with E-state index in [1.807, 2.05) is 0 Å². The Morgan fingerprint density at radius 1 is 0.729 bits per heavy atom. The molecule has 0 amide bonds. The van der Waals surface area contributed by atoms with Gasteiger partial charge in [-0.2, -0.15) is 0 Å². The van der Waals surface area contributed by atoms with Crippen LogP contribution in [0.4, 0.5) is 5.69 Å². The number of hydrogen-bond donors (Lipinski definition) is 2. The van der Waals surface area contributed by atoms with Gasteiger partial charge in [-0.25, -0.2) is 0 Å². The summed E-state index contributed by atoms with van der Waals surface area (Å²) in [6, 6.07) is 43.3. The molecular formula is C45H44N2O. The van der Waals surface area contributed by atoms with Crippen LogP contribution in [-0.2, 0) is 4.79 Å². The minimum absolute atomic E-state index is 0.0239. The van der Waals surface area contributed by atoms with E-state index in [2.05, 4.69) is 154 Å². The van der Waals surface area contributed by atoms with E-state index >= 15 is 0 Å². The number of fused-ring (bicyclic) bond motifs is 6. The smallest absolute Gasteiger partial charge is 0.137 e. The molecule has 0 radical (unpaired) electrons. The zero-order chi connectivity index (χ0) is 33.6. The number of Topliss-reactive ketones (excluding diaryl/α,β-unsaturated/α-hetero) is 1. The fourth-order valence-corrected chi connectivity index (χ4v) is 7.94. The van der Waals surface area contributed by atoms with E-state index in [-0.39, 0.29) is 17.2 Å². The topological polar surface area (TPSA) is 55.1 Å². The summed E-state index contributed by atoms with van der Waals surface area (Å²) >= 11 is 0. The first-order valence-corrected chi connectivity index (χ1v) is 17.1. The van der Waals surface area contributed by atoms with E-state index < -0.39 is 0 Å². The highest BCUT2D eigenvalue weighted by Crippen LogP contribution is 2.47. The van der Waals surface area contributed by atoms with Crippen LogP contribution in [0, 0.1) is 6.92 Å². The van der Waals surface area contributed by atoms with Crippen molar-refractivity contribution in [3.63, 3.8) is 0 Å². The summed E-state index contributed by atoms with van der Waals surface area (Å²) in [5, 5.41) is 8.66. The summed E-state index contributed by atoms with van der Waals surface area (Å²) in [6.07, 6.45) is 1.95. The van der Waals surface area contributed by atoms with Gasteiger partial charge in [-0.1, -0.05) is 109 Å². The number of ketones is 1. The Labute approximate surface area is 284 Å². The first kappa shape index (κ1) is 31.4. The number of benzene rings is 6. The molecule has 3 nitrogen and oxygen atoms in total. The van der Waals surface area contributed by atoms with Crippen molar-refractivity contribution in [2.45, 2.75) is 64.8 Å². The van der Waals surface area contributed by atoms with Gasteiger partial charge in [0.2, 0.25) is 0 Å². The van der Waals surface area contributed by atoms with Crippen LogP contribution < -0.4 is 11.1 Å². The Hall–Kier alpha value is -5.15. The maximum Gasteiger partial charge on any atom is 0.137 e. The molecule has 0 saturated heterocycles. The Bertz CT molecular complexity index is 2210. The number of hydrogen-bond acceptors (Lipinski definition) is 3. The Balaban J connectivity index is 0.000000157. The van der Waals surface area contributed by atoms with Gasteiger partial charge in [0.25, 0.3) is 0 Å². The molecular weight excluding hydrogens is 585 g/mol. The first-order valence-electron chi connectivity index (χ1n) is 17.1. The van der Waals surface area contributed by atoms with Crippen molar-refractivity contribution in [3.8, 4) is 11.1 Å². The molecule has 240 valence electrons. The maximum absolute atomic E-state index is 12.4. The molecule has 1 aliphatic heterocycles. The number of nitrogens with one attached hydrogen (secondary N) is 1. The summed E-state index contributed by atoms with van der Waals surface area (Å²) < 4.78 is 0. The van der Waals surface area contributed by atoms with E-state index in [1.54, 1.807) is 6.92 Å². The van der Waals surface area contributed by atoms with Gasteiger partial charge in [0.15, 0.2) is 0 Å². The fraction of sp³-hybridized carbons (Fsp3) is 0.222. The molecule has 1 heterocycles. The lowest BCUT2D eigenvalue weighted by molar-refractivity contribution is -0.118. The average molecular weight is 629 g/mol. The van der Waals surface area contributed by atoms with Crippen LogP contribution in [-0.4, -0.2) is 11.3 Å². The minimum atomic E-state index is -0.193. The lowest BCUT2D eigenvalue weighted by atomic mass is 9.71. The van der Waals surface area contributed by atoms with Crippen LogP contribution in [0.15, 0.2) is 127 Å². The van der Waals surface area contributed by atoms with Crippen molar-refractivity contribution in [2.75, 3.05) is 5.32 Å². The largest absolute Gasteiger partial charge is 0.400 e. The van der Waals surface area contributed by atoms with Crippen LogP contribution in [0.25, 0.3) is 38.2 Å². The Morgan fingerprint density at radius 2 is 1.44 bits per heavy atom. The number of aryl methyl sites for hydroxylation is 1. The lowest BCUT2D eigenvalue weighted by Crippen LogP contribution is -2.40. The third kappa shape index (κ3) is 5.58. The van der Waals surface area contributed by atoms with Gasteiger partial charge in [0.1, 0.15) is 5.78 Å². The highest BCUT2D eigenvalue weighted by Gasteiger charge is 2.32. The summed E-state index contributed by atoms with van der Waals surface area (Å²) in [5.74, 6) is 0.653. The number of rotatable bonds is 3. The number of anilines is 1. The van der Waals surface area contributed by atoms with Crippen molar-refractivity contribution < 1.29 is 4.79 Å². The number of allylic oxidation sites excluding steroid dienone is 1. The first-order chi connectivity index (χ1) is 23.1. The fourth-order valence-electron chi connectivity index (χ4n) is 7.94. The van der Waals surface area contributed by atoms with Gasteiger partial charge < -0.3 is 11.1 Å². The molecule has 8 rings (SSSR count). The second-order valence-electron chi connectivity index (χ2n) is 14.0. The van der Waals surface area contributed by atoms with E-state index in [9.17, 15) is 4.79 Å². The third-order valence-electron chi connectivity index (χ3n) is 10.6. The predicted molar refractivity (Wildman–Crippen MR) is 203 cm³/mol. The molecule has 1 aliphatic carbocycles. The van der Waals surface area contributed by atoms with Crippen molar-refractivity contribution in [3.05, 3.63) is 155 Å². The molecule has 2 unspecified atom stereocenters. The molecule has 3 heteroatoms. The SMILES string of the molecule is CC(=O)C1CCC(c2ccccc2)c2c1ccc1c2ccc2ccccc21.CC1=C(N)C(C)(C)Nc2ccc(-c3ccccc3C)cc21. The van der Waals surface area contributed by atoms with Crippen molar-refractivity contribution >= 4 is 38.6 Å². The lowest BCUT2D eigenvalue weighted by Gasteiger charge is -2.35. The van der Waals surface area contributed by atoms with Crippen LogP contribution >= 0.6 is 0 Å². The van der Waals surface area contributed by atoms with Gasteiger partial charge in [0.05, 0.1) is 5.54 Å². The number of carbonyl (C=O) groups is 1. The predicted octanol–water partition coefficient (Wildman–Crippen LogP) is 11.1. The molecule has 0 bridgehead atoms. The zero-order valence-corrected chi connectivity index (χ0v) is 28.6. The minimum Gasteiger partial charge on any atom is -0.400 e. The molecule has 48 heavy (non-hydrogen) atoms. The Kier molecular flexibility index (Phi) is 8.17. The molecule has 0 saturated carbocycles. The second-order valence-corrected chi connectivity index (χ2v) is 14.0. The molecule has 0 spiro atoms. The Morgan fingerprint density at radius 3 is 2.21 bits per heavy atom. The molecule has 3 N–H and O–H groups in total. The second kappa shape index (κ2) is 12.5. The van der Waals surface area contributed by atoms with Gasteiger partial charge in [-0.15, -0.1) is 0 Å². The van der Waals surface area contributed by atoms with Gasteiger partial charge in [-0.3, -0.25) is 4.79 Å². The number of nitrogens with two attached hydrogens (primary N) is 1. The zero-order valence-electron chi connectivity index (χ0n) is 28.6. The van der Waals surface area contributed by atoms with Gasteiger partial charge >= 0.3 is 0 Å². The molecule has 0 fully saturated rings. The van der Waals surface area contributed by atoms with E-state index in [0.29, 0.717) is 5.92 Å². The van der Waals surface area contributed by atoms with E-state index in [4.69, 9.17) is 5.73 Å². The monoisotopic (exact) mass is 628 g/mol. The van der Waals surface area contributed by atoms with Crippen molar-refractivity contribution in [1.29, 1.82) is 0 Å². The van der Waals surface area contributed by atoms with Gasteiger partial charge in [-0.05, 0) is 120 Å². The quantitative estimate of drug-likeness (QED) is 0.192. The van der Waals surface area contributed by atoms with Crippen molar-refractivity contribution in [1.82, 2.24) is 0 Å². The molecule has 6 aromatic carbocycles. The van der Waals surface area contributed by atoms with E-state index in [0.717, 1.165) is 24.2 Å².